The molecule has 0 aliphatic heterocycles. The molecule has 0 aliphatic carbocycles. The van der Waals surface area contributed by atoms with Crippen molar-refractivity contribution < 1.29 is 9.30 Å². The first-order valence-corrected chi connectivity index (χ1v) is 19.0. The van der Waals surface area contributed by atoms with E-state index in [4.69, 9.17) is 9.72 Å². The number of para-hydroxylation sites is 1. The van der Waals surface area contributed by atoms with Gasteiger partial charge in [-0.25, -0.2) is 4.98 Å². The van der Waals surface area contributed by atoms with Gasteiger partial charge in [0, 0.05) is 23.0 Å². The van der Waals surface area contributed by atoms with Crippen LogP contribution in [0.1, 0.15) is 52.7 Å². The van der Waals surface area contributed by atoms with Gasteiger partial charge in [0.15, 0.2) is 0 Å². The van der Waals surface area contributed by atoms with E-state index in [1.165, 1.54) is 22.1 Å². The van der Waals surface area contributed by atoms with Gasteiger partial charge in [0.05, 0.1) is 33.4 Å². The van der Waals surface area contributed by atoms with Gasteiger partial charge in [0.25, 0.3) is 6.33 Å². The number of fused-ring (bicyclic) bond motifs is 4. The van der Waals surface area contributed by atoms with E-state index >= 15 is 0 Å². The third-order valence-electron chi connectivity index (χ3n) is 10.5. The highest BCUT2D eigenvalue weighted by molar-refractivity contribution is 6.09. The highest BCUT2D eigenvalue weighted by Gasteiger charge is 2.20. The number of benzene rings is 6. The van der Waals surface area contributed by atoms with Crippen LogP contribution in [0, 0.1) is 6.33 Å². The lowest BCUT2D eigenvalue weighted by molar-refractivity contribution is -0.572. The number of imidazole rings is 1. The fraction of sp³-hybridized carbons (Fsp3) is 0.160. The number of rotatable bonds is 6. The molecule has 0 fully saturated rings. The Bertz CT molecular complexity index is 2870. The van der Waals surface area contributed by atoms with Crippen molar-refractivity contribution in [2.45, 2.75) is 52.4 Å². The van der Waals surface area contributed by atoms with Crippen molar-refractivity contribution in [1.82, 2.24) is 14.1 Å². The molecule has 3 heterocycles. The third kappa shape index (κ3) is 6.36. The number of ether oxygens (including phenoxy) is 1. The van der Waals surface area contributed by atoms with Gasteiger partial charge < -0.3 is 4.74 Å². The minimum atomic E-state index is -0.00186. The first-order chi connectivity index (χ1) is 26.5. The largest absolute Gasteiger partial charge is 0.458 e. The molecule has 0 saturated carbocycles. The zero-order valence-electron chi connectivity index (χ0n) is 32.2. The Kier molecular flexibility index (Phi) is 8.20. The molecule has 9 rings (SSSR count). The first kappa shape index (κ1) is 34.3. The van der Waals surface area contributed by atoms with Crippen LogP contribution >= 0.6 is 0 Å². The van der Waals surface area contributed by atoms with E-state index < -0.39 is 0 Å². The standard InChI is InChI=1S/C50H44N4O/c1-49(2,3)36-16-12-17-38(29-36)53-33-52(45-25-22-35(28-47(45)53)34-14-8-7-9-15-34)39-18-13-19-40(31-39)55-41-23-24-43-42-20-10-11-21-44(42)54(46(43)32-41)48-30-37(26-27-51-48)50(4,5)6/h7-32H,1-6H3. The Hall–Kier alpha value is -6.46. The van der Waals surface area contributed by atoms with Crippen LogP contribution in [-0.2, 0) is 10.8 Å². The molecule has 0 radical (unpaired) electrons. The summed E-state index contributed by atoms with van der Waals surface area (Å²) in [4.78, 5) is 4.86. The molecule has 6 aromatic carbocycles. The minimum Gasteiger partial charge on any atom is -0.458 e. The molecule has 9 aromatic rings. The average molecular weight is 717 g/mol. The maximum absolute atomic E-state index is 6.68. The zero-order chi connectivity index (χ0) is 37.9. The molecular formula is C50H44N4O. The second-order valence-corrected chi connectivity index (χ2v) is 16.4. The lowest BCUT2D eigenvalue weighted by Crippen LogP contribution is -2.30. The number of hydrogen-bond donors (Lipinski definition) is 0. The van der Waals surface area contributed by atoms with Crippen LogP contribution in [0.2, 0.25) is 0 Å². The fourth-order valence-electron chi connectivity index (χ4n) is 7.50. The van der Waals surface area contributed by atoms with Gasteiger partial charge in [-0.1, -0.05) is 120 Å². The van der Waals surface area contributed by atoms with Crippen molar-refractivity contribution in [3.63, 3.8) is 0 Å². The first-order valence-electron chi connectivity index (χ1n) is 19.0. The Morgan fingerprint density at radius 3 is 2.09 bits per heavy atom. The van der Waals surface area contributed by atoms with E-state index in [0.29, 0.717) is 0 Å². The molecule has 5 heteroatoms. The molecule has 0 atom stereocenters. The van der Waals surface area contributed by atoms with E-state index in [2.05, 4.69) is 201 Å². The molecule has 0 spiro atoms. The van der Waals surface area contributed by atoms with Gasteiger partial charge in [-0.2, -0.15) is 0 Å². The van der Waals surface area contributed by atoms with Crippen molar-refractivity contribution in [3.05, 3.63) is 175 Å². The molecule has 270 valence electrons. The normalized spacial score (nSPS) is 12.2. The predicted octanol–water partition coefficient (Wildman–Crippen LogP) is 12.3. The molecule has 0 amide bonds. The summed E-state index contributed by atoms with van der Waals surface area (Å²) in [6.07, 6.45) is 5.63. The second kappa shape index (κ2) is 13.1. The number of hydrogen-bond acceptors (Lipinski definition) is 2. The SMILES string of the molecule is CC(C)(C)c1cccc(-[n+]2[c-]n(-c3cccc(Oc4ccc5c6ccccc6n(-c6cc(C(C)(C)C)ccn6)c5c4)c3)c3ccc(-c4ccccc4)cc32)c1. The van der Waals surface area contributed by atoms with Crippen LogP contribution in [0.5, 0.6) is 11.5 Å². The summed E-state index contributed by atoms with van der Waals surface area (Å²) in [6, 6.07) is 53.4. The van der Waals surface area contributed by atoms with E-state index in [-0.39, 0.29) is 10.8 Å². The van der Waals surface area contributed by atoms with E-state index in [0.717, 1.165) is 61.7 Å². The van der Waals surface area contributed by atoms with Gasteiger partial charge in [-0.05, 0) is 99.8 Å². The van der Waals surface area contributed by atoms with E-state index in [1.54, 1.807) is 0 Å². The predicted molar refractivity (Wildman–Crippen MR) is 225 cm³/mol. The average Bonchev–Trinajstić information content (AvgIpc) is 3.73. The molecule has 0 N–H and O–H groups in total. The highest BCUT2D eigenvalue weighted by Crippen LogP contribution is 2.36. The fourth-order valence-corrected chi connectivity index (χ4v) is 7.50. The van der Waals surface area contributed by atoms with Crippen molar-refractivity contribution in [1.29, 1.82) is 0 Å². The van der Waals surface area contributed by atoms with Gasteiger partial charge in [-0.3, -0.25) is 13.7 Å². The van der Waals surface area contributed by atoms with Crippen molar-refractivity contribution in [2.75, 3.05) is 0 Å². The number of pyridine rings is 1. The monoisotopic (exact) mass is 716 g/mol. The van der Waals surface area contributed by atoms with Crippen LogP contribution in [0.3, 0.4) is 0 Å². The third-order valence-corrected chi connectivity index (χ3v) is 10.5. The maximum Gasteiger partial charge on any atom is 0.269 e. The maximum atomic E-state index is 6.68. The van der Waals surface area contributed by atoms with Crippen LogP contribution in [0.25, 0.3) is 61.2 Å². The lowest BCUT2D eigenvalue weighted by Gasteiger charge is -2.20. The topological polar surface area (TPSA) is 35.9 Å². The van der Waals surface area contributed by atoms with Crippen LogP contribution in [-0.4, -0.2) is 14.1 Å². The van der Waals surface area contributed by atoms with E-state index in [1.807, 2.05) is 18.3 Å². The van der Waals surface area contributed by atoms with Crippen molar-refractivity contribution in [3.8, 4) is 39.8 Å². The Balaban J connectivity index is 1.14. The summed E-state index contributed by atoms with van der Waals surface area (Å²) in [7, 11) is 0. The summed E-state index contributed by atoms with van der Waals surface area (Å²) < 4.78 is 13.2. The smallest absolute Gasteiger partial charge is 0.269 e. The number of nitrogens with zero attached hydrogens (tertiary/aromatic N) is 4. The lowest BCUT2D eigenvalue weighted by atomic mass is 9.87. The molecule has 3 aromatic heterocycles. The second-order valence-electron chi connectivity index (χ2n) is 16.4. The molecule has 5 nitrogen and oxygen atoms in total. The molecule has 55 heavy (non-hydrogen) atoms. The zero-order valence-corrected chi connectivity index (χ0v) is 32.2. The quantitative estimate of drug-likeness (QED) is 0.127. The van der Waals surface area contributed by atoms with Crippen molar-refractivity contribution in [2.24, 2.45) is 0 Å². The van der Waals surface area contributed by atoms with E-state index in [9.17, 15) is 0 Å². The van der Waals surface area contributed by atoms with Crippen LogP contribution < -0.4 is 9.30 Å². The summed E-state index contributed by atoms with van der Waals surface area (Å²) >= 11 is 0. The summed E-state index contributed by atoms with van der Waals surface area (Å²) in [5.74, 6) is 2.39. The summed E-state index contributed by atoms with van der Waals surface area (Å²) in [6.45, 7) is 13.5. The molecule has 0 saturated heterocycles. The Morgan fingerprint density at radius 2 is 1.27 bits per heavy atom. The van der Waals surface area contributed by atoms with Gasteiger partial charge in [-0.15, -0.1) is 0 Å². The Morgan fingerprint density at radius 1 is 0.545 bits per heavy atom. The Labute approximate surface area is 322 Å². The molecule has 0 bridgehead atoms. The number of aromatic nitrogens is 4. The van der Waals surface area contributed by atoms with Crippen molar-refractivity contribution >= 4 is 32.8 Å². The molecule has 0 unspecified atom stereocenters. The molecule has 0 aliphatic rings. The van der Waals surface area contributed by atoms with Crippen LogP contribution in [0.15, 0.2) is 158 Å². The highest BCUT2D eigenvalue weighted by atomic mass is 16.5. The minimum absolute atomic E-state index is 0.00186. The van der Waals surface area contributed by atoms with Crippen LogP contribution in [0.4, 0.5) is 0 Å². The summed E-state index contributed by atoms with van der Waals surface area (Å²) in [5.41, 5.74) is 11.2. The summed E-state index contributed by atoms with van der Waals surface area (Å²) in [5, 5.41) is 2.34. The molecular weight excluding hydrogens is 673 g/mol. The van der Waals surface area contributed by atoms with Gasteiger partial charge in [0.2, 0.25) is 0 Å². The van der Waals surface area contributed by atoms with Gasteiger partial charge in [0.1, 0.15) is 17.3 Å². The van der Waals surface area contributed by atoms with Gasteiger partial charge >= 0.3 is 0 Å².